The first-order valence-corrected chi connectivity index (χ1v) is 6.29. The molecule has 4 heteroatoms. The first kappa shape index (κ1) is 11.6. The zero-order valence-electron chi connectivity index (χ0n) is 9.18. The van der Waals surface area contributed by atoms with Gasteiger partial charge in [-0.15, -0.1) is 24.0 Å². The lowest BCUT2D eigenvalue weighted by Crippen LogP contribution is -2.24. The van der Waals surface area contributed by atoms with E-state index in [0.717, 1.165) is 10.9 Å². The first-order valence-electron chi connectivity index (χ1n) is 4.96. The Bertz CT molecular complexity index is 518. The van der Waals surface area contributed by atoms with Gasteiger partial charge in [-0.05, 0) is 36.5 Å². The van der Waals surface area contributed by atoms with E-state index in [-0.39, 0.29) is 11.2 Å². The van der Waals surface area contributed by atoms with E-state index in [1.165, 1.54) is 4.70 Å². The zero-order chi connectivity index (χ0) is 11.7. The molecule has 0 N–H and O–H groups in total. The van der Waals surface area contributed by atoms with Crippen LogP contribution in [0, 0.1) is 0 Å². The number of thiol groups is 1. The molecule has 0 saturated carbocycles. The number of fused-ring (bicyclic) bond motifs is 1. The third-order valence-electron chi connectivity index (χ3n) is 2.56. The van der Waals surface area contributed by atoms with Crippen LogP contribution < -0.4 is 0 Å². The first-order chi connectivity index (χ1) is 7.61. The molecule has 16 heavy (non-hydrogen) atoms. The van der Waals surface area contributed by atoms with Crippen molar-refractivity contribution in [2.45, 2.75) is 6.04 Å². The van der Waals surface area contributed by atoms with E-state index >= 15 is 0 Å². The molecule has 2 nitrogen and oxygen atoms in total. The summed E-state index contributed by atoms with van der Waals surface area (Å²) in [5.74, 6) is 0. The van der Waals surface area contributed by atoms with Crippen molar-refractivity contribution in [2.24, 2.45) is 0 Å². The van der Waals surface area contributed by atoms with E-state index < -0.39 is 0 Å². The van der Waals surface area contributed by atoms with Gasteiger partial charge >= 0.3 is 0 Å². The predicted molar refractivity (Wildman–Crippen MR) is 72.2 cm³/mol. The molecule has 1 heterocycles. The molecule has 1 atom stereocenters. The van der Waals surface area contributed by atoms with E-state index in [2.05, 4.69) is 18.7 Å². The molecular weight excluding hydrogens is 238 g/mol. The van der Waals surface area contributed by atoms with Gasteiger partial charge in [0.1, 0.15) is 6.04 Å². The van der Waals surface area contributed by atoms with E-state index in [4.69, 9.17) is 0 Å². The fourth-order valence-electron chi connectivity index (χ4n) is 1.84. The van der Waals surface area contributed by atoms with Gasteiger partial charge in [0.15, 0.2) is 0 Å². The van der Waals surface area contributed by atoms with Crippen LogP contribution in [-0.2, 0) is 4.79 Å². The van der Waals surface area contributed by atoms with Gasteiger partial charge < -0.3 is 0 Å². The SMILES string of the molecule is CN(C)C(C(=O)S)c1csc2ccccc12. The minimum atomic E-state index is -0.264. The molecule has 0 aliphatic heterocycles. The Morgan fingerprint density at radius 2 is 2.06 bits per heavy atom. The highest BCUT2D eigenvalue weighted by Gasteiger charge is 2.22. The number of benzene rings is 1. The number of hydrogen-bond donors (Lipinski definition) is 1. The zero-order valence-corrected chi connectivity index (χ0v) is 10.9. The largest absolute Gasteiger partial charge is 0.295 e. The molecule has 0 aliphatic carbocycles. The Morgan fingerprint density at radius 1 is 1.38 bits per heavy atom. The third kappa shape index (κ3) is 2.00. The summed E-state index contributed by atoms with van der Waals surface area (Å²) in [5.41, 5.74) is 1.05. The Labute approximate surface area is 104 Å². The topological polar surface area (TPSA) is 20.3 Å². The van der Waals surface area contributed by atoms with Gasteiger partial charge in [-0.2, -0.15) is 0 Å². The van der Waals surface area contributed by atoms with Crippen LogP contribution in [-0.4, -0.2) is 24.1 Å². The molecule has 1 aromatic carbocycles. The Morgan fingerprint density at radius 3 is 2.69 bits per heavy atom. The van der Waals surface area contributed by atoms with Crippen molar-refractivity contribution in [1.29, 1.82) is 0 Å². The molecule has 0 radical (unpaired) electrons. The number of carbonyl (C=O) groups excluding carboxylic acids is 1. The highest BCUT2D eigenvalue weighted by molar-refractivity contribution is 7.96. The van der Waals surface area contributed by atoms with Crippen LogP contribution in [0.5, 0.6) is 0 Å². The average molecular weight is 251 g/mol. The van der Waals surface area contributed by atoms with E-state index in [1.54, 1.807) is 11.3 Å². The van der Waals surface area contributed by atoms with Gasteiger partial charge in [-0.3, -0.25) is 9.69 Å². The second-order valence-corrected chi connectivity index (χ2v) is 5.24. The smallest absolute Gasteiger partial charge is 0.207 e. The van der Waals surface area contributed by atoms with Crippen LogP contribution in [0.25, 0.3) is 10.1 Å². The quantitative estimate of drug-likeness (QED) is 0.846. The number of rotatable bonds is 3. The standard InChI is InChI=1S/C12H13NOS2/c1-13(2)11(12(14)15)9-7-16-10-6-4-3-5-8(9)10/h3-7,11H,1-2H3,(H,14,15). The Hall–Kier alpha value is -0.840. The molecule has 0 spiro atoms. The summed E-state index contributed by atoms with van der Waals surface area (Å²) in [5, 5.41) is 3.07. The van der Waals surface area contributed by atoms with Gasteiger partial charge in [-0.1, -0.05) is 18.2 Å². The highest BCUT2D eigenvalue weighted by Crippen LogP contribution is 2.33. The second-order valence-electron chi connectivity index (χ2n) is 3.89. The van der Waals surface area contributed by atoms with Gasteiger partial charge in [-0.25, -0.2) is 0 Å². The van der Waals surface area contributed by atoms with Gasteiger partial charge in [0.05, 0.1) is 0 Å². The minimum Gasteiger partial charge on any atom is -0.295 e. The maximum absolute atomic E-state index is 11.6. The van der Waals surface area contributed by atoms with Crippen molar-refractivity contribution in [3.05, 3.63) is 35.2 Å². The van der Waals surface area contributed by atoms with E-state index in [9.17, 15) is 4.79 Å². The van der Waals surface area contributed by atoms with Crippen LogP contribution in [0.1, 0.15) is 11.6 Å². The van der Waals surface area contributed by atoms with Crippen molar-refractivity contribution < 1.29 is 4.79 Å². The average Bonchev–Trinajstić information content (AvgIpc) is 2.61. The number of thiophene rings is 1. The molecular formula is C12H13NOS2. The fraction of sp³-hybridized carbons (Fsp3) is 0.250. The summed E-state index contributed by atoms with van der Waals surface area (Å²) >= 11 is 5.63. The van der Waals surface area contributed by atoms with Gasteiger partial charge in [0, 0.05) is 4.70 Å². The molecule has 2 rings (SSSR count). The maximum atomic E-state index is 11.6. The molecule has 0 saturated heterocycles. The Balaban J connectivity index is 2.57. The third-order valence-corrected chi connectivity index (χ3v) is 3.78. The molecule has 2 aromatic rings. The summed E-state index contributed by atoms with van der Waals surface area (Å²) in [7, 11) is 3.79. The molecule has 1 aromatic heterocycles. The molecule has 0 bridgehead atoms. The number of carbonyl (C=O) groups is 1. The molecule has 84 valence electrons. The Kier molecular flexibility index (Phi) is 3.33. The number of likely N-dealkylation sites (N-methyl/N-ethyl adjacent to an activating group) is 1. The van der Waals surface area contributed by atoms with Crippen LogP contribution in [0.2, 0.25) is 0 Å². The van der Waals surface area contributed by atoms with Crippen LogP contribution in [0.3, 0.4) is 0 Å². The van der Waals surface area contributed by atoms with E-state index in [1.807, 2.05) is 42.6 Å². The lowest BCUT2D eigenvalue weighted by atomic mass is 10.1. The molecule has 1 unspecified atom stereocenters. The summed E-state index contributed by atoms with van der Waals surface area (Å²) < 4.78 is 1.21. The van der Waals surface area contributed by atoms with Crippen molar-refractivity contribution in [2.75, 3.05) is 14.1 Å². The monoisotopic (exact) mass is 251 g/mol. The number of nitrogens with zero attached hydrogens (tertiary/aromatic N) is 1. The van der Waals surface area contributed by atoms with Crippen LogP contribution in [0.4, 0.5) is 0 Å². The van der Waals surface area contributed by atoms with Crippen molar-refractivity contribution in [3.63, 3.8) is 0 Å². The van der Waals surface area contributed by atoms with Crippen molar-refractivity contribution in [3.8, 4) is 0 Å². The molecule has 0 aliphatic rings. The van der Waals surface area contributed by atoms with Crippen LogP contribution >= 0.6 is 24.0 Å². The van der Waals surface area contributed by atoms with Gasteiger partial charge in [0.2, 0.25) is 5.12 Å². The highest BCUT2D eigenvalue weighted by atomic mass is 32.1. The molecule has 0 amide bonds. The summed E-state index contributed by atoms with van der Waals surface area (Å²) in [6.45, 7) is 0. The molecule has 0 fully saturated rings. The normalized spacial score (nSPS) is 13.2. The summed E-state index contributed by atoms with van der Waals surface area (Å²) in [6, 6.07) is 7.86. The van der Waals surface area contributed by atoms with Gasteiger partial charge in [0.25, 0.3) is 0 Å². The lowest BCUT2D eigenvalue weighted by molar-refractivity contribution is -0.114. The fourth-order valence-corrected chi connectivity index (χ4v) is 3.19. The summed E-state index contributed by atoms with van der Waals surface area (Å²) in [6.07, 6.45) is 0. The summed E-state index contributed by atoms with van der Waals surface area (Å²) in [4.78, 5) is 13.4. The maximum Gasteiger partial charge on any atom is 0.207 e. The number of hydrogen-bond acceptors (Lipinski definition) is 3. The van der Waals surface area contributed by atoms with Crippen molar-refractivity contribution >= 4 is 39.2 Å². The van der Waals surface area contributed by atoms with Crippen LogP contribution in [0.15, 0.2) is 29.6 Å². The minimum absolute atomic E-state index is 0.117. The van der Waals surface area contributed by atoms with E-state index in [0.29, 0.717) is 0 Å². The van der Waals surface area contributed by atoms with Crippen molar-refractivity contribution in [1.82, 2.24) is 4.90 Å². The lowest BCUT2D eigenvalue weighted by Gasteiger charge is -2.20. The predicted octanol–water partition coefficient (Wildman–Crippen LogP) is 2.96. The second kappa shape index (κ2) is 4.57.